The third kappa shape index (κ3) is 5.32. The lowest BCUT2D eigenvalue weighted by atomic mass is 9.94. The van der Waals surface area contributed by atoms with Crippen molar-refractivity contribution in [2.45, 2.75) is 25.2 Å². The van der Waals surface area contributed by atoms with Gasteiger partial charge < -0.3 is 14.5 Å². The lowest BCUT2D eigenvalue weighted by molar-refractivity contribution is -0.154. The summed E-state index contributed by atoms with van der Waals surface area (Å²) in [6, 6.07) is 11.6. The third-order valence-corrected chi connectivity index (χ3v) is 6.52. The number of carbonyl (C=O) groups is 3. The number of hydrogen-bond acceptors (Lipinski definition) is 5. The molecule has 2 heterocycles. The third-order valence-electron chi connectivity index (χ3n) is 6.52. The van der Waals surface area contributed by atoms with Gasteiger partial charge in [0.1, 0.15) is 6.04 Å². The fraction of sp³-hybridized carbons (Fsp3) is 0.400. The molecular formula is C25H26F3N3O4. The molecule has 2 aliphatic heterocycles. The number of rotatable bonds is 4. The highest BCUT2D eigenvalue weighted by Crippen LogP contribution is 2.32. The second-order valence-electron chi connectivity index (χ2n) is 8.65. The van der Waals surface area contributed by atoms with Crippen molar-refractivity contribution in [1.29, 1.82) is 0 Å². The van der Waals surface area contributed by atoms with E-state index in [0.717, 1.165) is 17.2 Å². The van der Waals surface area contributed by atoms with Crippen LogP contribution < -0.4 is 0 Å². The summed E-state index contributed by atoms with van der Waals surface area (Å²) in [5.74, 6) is -1.40. The minimum Gasteiger partial charge on any atom is -0.467 e. The van der Waals surface area contributed by atoms with Crippen LogP contribution in [0.1, 0.15) is 27.0 Å². The Morgan fingerprint density at radius 3 is 2.23 bits per heavy atom. The van der Waals surface area contributed by atoms with Crippen LogP contribution in [0.15, 0.2) is 48.5 Å². The fourth-order valence-electron chi connectivity index (χ4n) is 4.61. The van der Waals surface area contributed by atoms with Crippen molar-refractivity contribution in [2.24, 2.45) is 0 Å². The molecule has 2 aromatic rings. The lowest BCUT2D eigenvalue weighted by Crippen LogP contribution is -2.55. The molecule has 0 spiro atoms. The van der Waals surface area contributed by atoms with Gasteiger partial charge in [0.15, 0.2) is 0 Å². The van der Waals surface area contributed by atoms with Crippen LogP contribution in [0.25, 0.3) is 0 Å². The van der Waals surface area contributed by atoms with E-state index in [-0.39, 0.29) is 31.1 Å². The summed E-state index contributed by atoms with van der Waals surface area (Å²) in [7, 11) is 1.29. The maximum atomic E-state index is 13.3. The molecule has 4 rings (SSSR count). The van der Waals surface area contributed by atoms with Gasteiger partial charge in [0, 0.05) is 39.1 Å². The quantitative estimate of drug-likeness (QED) is 0.618. The van der Waals surface area contributed by atoms with Crippen molar-refractivity contribution in [3.8, 4) is 0 Å². The molecule has 7 nitrogen and oxygen atoms in total. The van der Waals surface area contributed by atoms with Crippen LogP contribution in [0.5, 0.6) is 0 Å². The molecule has 0 radical (unpaired) electrons. The molecule has 0 aliphatic carbocycles. The molecule has 2 aliphatic rings. The molecule has 0 saturated carbocycles. The smallest absolute Gasteiger partial charge is 0.417 e. The van der Waals surface area contributed by atoms with Crippen molar-refractivity contribution in [1.82, 2.24) is 14.7 Å². The normalized spacial score (nSPS) is 18.7. The number of nitrogens with zero attached hydrogens (tertiary/aromatic N) is 3. The maximum Gasteiger partial charge on any atom is 0.417 e. The van der Waals surface area contributed by atoms with Gasteiger partial charge in [-0.2, -0.15) is 13.2 Å². The number of benzene rings is 2. The summed E-state index contributed by atoms with van der Waals surface area (Å²) < 4.78 is 44.9. The number of methoxy groups -OCH3 is 1. The molecule has 1 atom stereocenters. The summed E-state index contributed by atoms with van der Waals surface area (Å²) in [5, 5.41) is 0. The molecule has 1 unspecified atom stereocenters. The second kappa shape index (κ2) is 10.1. The van der Waals surface area contributed by atoms with E-state index >= 15 is 0 Å². The number of piperazine rings is 1. The van der Waals surface area contributed by atoms with Gasteiger partial charge in [-0.05, 0) is 23.3 Å². The second-order valence-corrected chi connectivity index (χ2v) is 8.65. The average molecular weight is 489 g/mol. The Hall–Kier alpha value is -3.40. The van der Waals surface area contributed by atoms with E-state index < -0.39 is 29.7 Å². The van der Waals surface area contributed by atoms with E-state index in [1.165, 1.54) is 35.1 Å². The molecule has 0 aromatic heterocycles. The van der Waals surface area contributed by atoms with Crippen molar-refractivity contribution in [3.63, 3.8) is 0 Å². The van der Waals surface area contributed by atoms with Gasteiger partial charge in [0.05, 0.1) is 24.8 Å². The monoisotopic (exact) mass is 489 g/mol. The van der Waals surface area contributed by atoms with E-state index in [1.807, 2.05) is 29.2 Å². The fourth-order valence-corrected chi connectivity index (χ4v) is 4.61. The lowest BCUT2D eigenvalue weighted by Gasteiger charge is -2.38. The summed E-state index contributed by atoms with van der Waals surface area (Å²) in [6.07, 6.45) is -4.25. The first-order valence-corrected chi connectivity index (χ1v) is 11.3. The van der Waals surface area contributed by atoms with Crippen LogP contribution in [0.4, 0.5) is 13.2 Å². The Bertz CT molecular complexity index is 1110. The van der Waals surface area contributed by atoms with E-state index in [1.54, 1.807) is 0 Å². The largest absolute Gasteiger partial charge is 0.467 e. The average Bonchev–Trinajstić information content (AvgIpc) is 2.87. The minimum absolute atomic E-state index is 0.0385. The molecule has 2 aromatic carbocycles. The number of ether oxygens (including phenoxy) is 1. The summed E-state index contributed by atoms with van der Waals surface area (Å²) >= 11 is 0. The van der Waals surface area contributed by atoms with Gasteiger partial charge in [-0.3, -0.25) is 14.5 Å². The zero-order chi connectivity index (χ0) is 25.2. The van der Waals surface area contributed by atoms with Crippen molar-refractivity contribution < 1.29 is 32.3 Å². The number of fused-ring (bicyclic) bond motifs is 1. The van der Waals surface area contributed by atoms with Crippen LogP contribution >= 0.6 is 0 Å². The Morgan fingerprint density at radius 1 is 0.943 bits per heavy atom. The zero-order valence-corrected chi connectivity index (χ0v) is 19.3. The molecule has 0 N–H and O–H groups in total. The minimum atomic E-state index is -4.62. The zero-order valence-electron chi connectivity index (χ0n) is 19.3. The van der Waals surface area contributed by atoms with Crippen LogP contribution in [0.3, 0.4) is 0 Å². The SMILES string of the molecule is COC(=O)C1Cc2ccccc2CN1C(=O)CN1CCN(C(=O)c2ccccc2C(F)(F)F)CC1. The summed E-state index contributed by atoms with van der Waals surface area (Å²) in [4.78, 5) is 43.1. The highest BCUT2D eigenvalue weighted by atomic mass is 19.4. The number of amides is 2. The Kier molecular flexibility index (Phi) is 7.11. The molecule has 1 fully saturated rings. The van der Waals surface area contributed by atoms with Gasteiger partial charge in [0.25, 0.3) is 5.91 Å². The predicted octanol–water partition coefficient (Wildman–Crippen LogP) is 2.59. The predicted molar refractivity (Wildman–Crippen MR) is 120 cm³/mol. The van der Waals surface area contributed by atoms with Crippen LogP contribution in [-0.4, -0.2) is 78.4 Å². The van der Waals surface area contributed by atoms with Gasteiger partial charge in [-0.15, -0.1) is 0 Å². The van der Waals surface area contributed by atoms with Gasteiger partial charge >= 0.3 is 12.1 Å². The van der Waals surface area contributed by atoms with Crippen molar-refractivity contribution in [3.05, 3.63) is 70.8 Å². The summed E-state index contributed by atoms with van der Waals surface area (Å²) in [5.41, 5.74) is 0.636. The summed E-state index contributed by atoms with van der Waals surface area (Å²) in [6.45, 7) is 1.39. The molecular weight excluding hydrogens is 463 g/mol. The topological polar surface area (TPSA) is 70.2 Å². The number of esters is 1. The number of carbonyl (C=O) groups excluding carboxylic acids is 3. The Morgan fingerprint density at radius 2 is 1.57 bits per heavy atom. The molecule has 10 heteroatoms. The highest BCUT2D eigenvalue weighted by molar-refractivity contribution is 5.96. The van der Waals surface area contributed by atoms with Gasteiger partial charge in [0.2, 0.25) is 5.91 Å². The first kappa shape index (κ1) is 24.7. The maximum absolute atomic E-state index is 13.3. The van der Waals surface area contributed by atoms with E-state index in [0.29, 0.717) is 26.1 Å². The molecule has 186 valence electrons. The van der Waals surface area contributed by atoms with Crippen molar-refractivity contribution >= 4 is 17.8 Å². The van der Waals surface area contributed by atoms with Gasteiger partial charge in [-0.1, -0.05) is 36.4 Å². The molecule has 35 heavy (non-hydrogen) atoms. The van der Waals surface area contributed by atoms with E-state index in [2.05, 4.69) is 0 Å². The van der Waals surface area contributed by atoms with Crippen LogP contribution in [0, 0.1) is 0 Å². The number of alkyl halides is 3. The molecule has 2 amide bonds. The first-order valence-electron chi connectivity index (χ1n) is 11.3. The Labute approximate surface area is 201 Å². The number of hydrogen-bond donors (Lipinski definition) is 0. The standard InChI is InChI=1S/C25H26F3N3O4/c1-35-24(34)21-14-17-6-2-3-7-18(17)15-31(21)22(32)16-29-10-12-30(13-11-29)23(33)19-8-4-5-9-20(19)25(26,27)28/h2-9,21H,10-16H2,1H3. The van der Waals surface area contributed by atoms with Crippen LogP contribution in [0.2, 0.25) is 0 Å². The molecule has 1 saturated heterocycles. The Balaban J connectivity index is 1.39. The first-order chi connectivity index (χ1) is 16.7. The van der Waals surface area contributed by atoms with E-state index in [9.17, 15) is 27.6 Å². The van der Waals surface area contributed by atoms with Crippen LogP contribution in [-0.2, 0) is 33.5 Å². The highest BCUT2D eigenvalue weighted by Gasteiger charge is 2.38. The van der Waals surface area contributed by atoms with Gasteiger partial charge in [-0.25, -0.2) is 4.79 Å². The molecule has 0 bridgehead atoms. The number of halogens is 3. The van der Waals surface area contributed by atoms with Crippen molar-refractivity contribution in [2.75, 3.05) is 39.8 Å². The van der Waals surface area contributed by atoms with E-state index in [4.69, 9.17) is 4.74 Å².